The highest BCUT2D eigenvalue weighted by atomic mass is 19.1. The van der Waals surface area contributed by atoms with E-state index in [0.717, 1.165) is 41.8 Å². The zero-order chi connectivity index (χ0) is 21.0. The van der Waals surface area contributed by atoms with E-state index in [1.54, 1.807) is 6.92 Å². The molecule has 3 aromatic rings. The summed E-state index contributed by atoms with van der Waals surface area (Å²) in [5.41, 5.74) is 3.70. The van der Waals surface area contributed by atoms with Gasteiger partial charge in [0.25, 0.3) is 0 Å². The summed E-state index contributed by atoms with van der Waals surface area (Å²) in [6.45, 7) is 9.67. The zero-order valence-corrected chi connectivity index (χ0v) is 17.9. The molecule has 5 heteroatoms. The maximum absolute atomic E-state index is 14.5. The largest absolute Gasteiger partial charge is 0.327 e. The van der Waals surface area contributed by atoms with Crippen LogP contribution in [0.4, 0.5) is 8.78 Å². The van der Waals surface area contributed by atoms with Gasteiger partial charge < -0.3 is 9.88 Å². The highest BCUT2D eigenvalue weighted by molar-refractivity contribution is 5.77. The fourth-order valence-electron chi connectivity index (χ4n) is 3.67. The maximum Gasteiger partial charge on any atom is 0.129 e. The van der Waals surface area contributed by atoms with Crippen LogP contribution < -0.4 is 5.32 Å². The van der Waals surface area contributed by atoms with Crippen LogP contribution >= 0.6 is 0 Å². The second-order valence-electron chi connectivity index (χ2n) is 8.12. The molecule has 1 N–H and O–H groups in total. The van der Waals surface area contributed by atoms with Gasteiger partial charge in [0.1, 0.15) is 17.5 Å². The van der Waals surface area contributed by atoms with E-state index in [1.165, 1.54) is 18.6 Å². The molecule has 29 heavy (non-hydrogen) atoms. The van der Waals surface area contributed by atoms with Crippen LogP contribution in [0.3, 0.4) is 0 Å². The Balaban J connectivity index is 1.95. The van der Waals surface area contributed by atoms with Gasteiger partial charge in [0, 0.05) is 19.0 Å². The lowest BCUT2D eigenvalue weighted by Crippen LogP contribution is -2.24. The third kappa shape index (κ3) is 5.21. The summed E-state index contributed by atoms with van der Waals surface area (Å²) < 4.78 is 30.5. The van der Waals surface area contributed by atoms with Crippen LogP contribution in [-0.4, -0.2) is 15.6 Å². The average Bonchev–Trinajstić information content (AvgIpc) is 3.01. The number of imidazole rings is 1. The Hall–Kier alpha value is -2.27. The van der Waals surface area contributed by atoms with E-state index in [2.05, 4.69) is 36.7 Å². The van der Waals surface area contributed by atoms with Crippen molar-refractivity contribution in [1.29, 1.82) is 0 Å². The van der Waals surface area contributed by atoms with Crippen molar-refractivity contribution in [2.45, 2.75) is 72.5 Å². The molecule has 0 saturated heterocycles. The van der Waals surface area contributed by atoms with Crippen molar-refractivity contribution in [3.8, 4) is 0 Å². The first kappa shape index (κ1) is 21.4. The Labute approximate surface area is 172 Å². The normalized spacial score (nSPS) is 11.7. The number of aryl methyl sites for hydroxylation is 2. The first-order chi connectivity index (χ1) is 13.9. The van der Waals surface area contributed by atoms with Gasteiger partial charge in [-0.3, -0.25) is 0 Å². The molecule has 0 amide bonds. The summed E-state index contributed by atoms with van der Waals surface area (Å²) in [6.07, 6.45) is 3.79. The van der Waals surface area contributed by atoms with Crippen molar-refractivity contribution in [2.75, 3.05) is 0 Å². The first-order valence-corrected chi connectivity index (χ1v) is 10.5. The van der Waals surface area contributed by atoms with Crippen LogP contribution in [0.1, 0.15) is 62.5 Å². The molecule has 0 atom stereocenters. The fraction of sp³-hybridized carbons (Fsp3) is 0.458. The Morgan fingerprint density at radius 2 is 1.90 bits per heavy atom. The van der Waals surface area contributed by atoms with E-state index in [0.29, 0.717) is 30.1 Å². The smallest absolute Gasteiger partial charge is 0.129 e. The molecule has 0 bridgehead atoms. The van der Waals surface area contributed by atoms with Gasteiger partial charge in [0.05, 0.1) is 17.6 Å². The van der Waals surface area contributed by atoms with Gasteiger partial charge in [-0.1, -0.05) is 39.7 Å². The summed E-state index contributed by atoms with van der Waals surface area (Å²) in [6, 6.07) is 8.94. The van der Waals surface area contributed by atoms with E-state index in [-0.39, 0.29) is 5.82 Å². The molecule has 0 aliphatic rings. The number of unbranched alkanes of at least 4 members (excludes halogenated alkanes) is 2. The molecule has 0 spiro atoms. The second-order valence-corrected chi connectivity index (χ2v) is 8.12. The quantitative estimate of drug-likeness (QED) is 0.454. The lowest BCUT2D eigenvalue weighted by Gasteiger charge is -2.12. The van der Waals surface area contributed by atoms with E-state index >= 15 is 0 Å². The van der Waals surface area contributed by atoms with E-state index in [1.807, 2.05) is 12.1 Å². The molecule has 1 heterocycles. The molecule has 156 valence electrons. The molecule has 0 fully saturated rings. The predicted molar refractivity (Wildman–Crippen MR) is 115 cm³/mol. The fourth-order valence-corrected chi connectivity index (χ4v) is 3.67. The maximum atomic E-state index is 14.5. The molecule has 0 saturated carbocycles. The molecule has 1 aromatic heterocycles. The van der Waals surface area contributed by atoms with Gasteiger partial charge in [0.2, 0.25) is 0 Å². The van der Waals surface area contributed by atoms with Crippen LogP contribution in [0.15, 0.2) is 30.3 Å². The monoisotopic (exact) mass is 399 g/mol. The number of rotatable bonds is 9. The Bertz CT molecular complexity index is 976. The Kier molecular flexibility index (Phi) is 7.01. The minimum Gasteiger partial charge on any atom is -0.327 e. The number of hydrogen-bond acceptors (Lipinski definition) is 2. The summed E-state index contributed by atoms with van der Waals surface area (Å²) in [4.78, 5) is 4.82. The van der Waals surface area contributed by atoms with Crippen LogP contribution in [0.5, 0.6) is 0 Å². The number of hydrogen-bond donors (Lipinski definition) is 1. The van der Waals surface area contributed by atoms with Gasteiger partial charge in [-0.25, -0.2) is 13.8 Å². The predicted octanol–water partition coefficient (Wildman–Crippen LogP) is 5.90. The topological polar surface area (TPSA) is 29.9 Å². The van der Waals surface area contributed by atoms with Gasteiger partial charge in [-0.05, 0) is 54.3 Å². The molecule has 2 aromatic carbocycles. The number of aromatic nitrogens is 2. The molecule has 0 aliphatic carbocycles. The van der Waals surface area contributed by atoms with Crippen molar-refractivity contribution >= 4 is 11.0 Å². The highest BCUT2D eigenvalue weighted by Crippen LogP contribution is 2.23. The first-order valence-electron chi connectivity index (χ1n) is 10.5. The zero-order valence-electron chi connectivity index (χ0n) is 17.9. The number of benzene rings is 2. The Morgan fingerprint density at radius 1 is 1.10 bits per heavy atom. The van der Waals surface area contributed by atoms with Crippen LogP contribution in [0.25, 0.3) is 11.0 Å². The Morgan fingerprint density at radius 3 is 2.62 bits per heavy atom. The molecular weight excluding hydrogens is 368 g/mol. The molecule has 3 nitrogen and oxygen atoms in total. The summed E-state index contributed by atoms with van der Waals surface area (Å²) in [5.74, 6) is 0.297. The van der Waals surface area contributed by atoms with Gasteiger partial charge in [-0.15, -0.1) is 0 Å². The minimum atomic E-state index is -0.397. The van der Waals surface area contributed by atoms with Gasteiger partial charge >= 0.3 is 0 Å². The minimum absolute atomic E-state index is 0.329. The third-order valence-corrected chi connectivity index (χ3v) is 5.23. The van der Waals surface area contributed by atoms with Crippen LogP contribution in [0, 0.1) is 18.6 Å². The lowest BCUT2D eigenvalue weighted by atomic mass is 10.0. The van der Waals surface area contributed by atoms with Crippen LogP contribution in [-0.2, 0) is 19.5 Å². The van der Waals surface area contributed by atoms with E-state index in [4.69, 9.17) is 4.98 Å². The molecule has 0 radical (unpaired) electrons. The summed E-state index contributed by atoms with van der Waals surface area (Å²) >= 11 is 0. The lowest BCUT2D eigenvalue weighted by molar-refractivity contribution is 0.534. The second kappa shape index (κ2) is 9.49. The standard InChI is InChI=1S/C24H31F2N3/c1-5-6-7-10-29-22-13-18(12-19-14-20(25)11-17(4)24(19)26)8-9-21(22)28-23(29)15-27-16(2)3/h8-9,11,13-14,16,27H,5-7,10,12,15H2,1-4H3. The van der Waals surface area contributed by atoms with Crippen molar-refractivity contribution in [3.05, 3.63) is 64.5 Å². The summed E-state index contributed by atoms with van der Waals surface area (Å²) in [5, 5.41) is 3.45. The molecular formula is C24H31F2N3. The molecule has 0 aliphatic heterocycles. The molecule has 3 rings (SSSR count). The summed E-state index contributed by atoms with van der Waals surface area (Å²) in [7, 11) is 0. The average molecular weight is 400 g/mol. The van der Waals surface area contributed by atoms with Gasteiger partial charge in [-0.2, -0.15) is 0 Å². The van der Waals surface area contributed by atoms with Crippen molar-refractivity contribution in [1.82, 2.24) is 14.9 Å². The number of nitrogens with one attached hydrogen (secondary N) is 1. The number of halogens is 2. The van der Waals surface area contributed by atoms with E-state index < -0.39 is 5.82 Å². The van der Waals surface area contributed by atoms with Crippen molar-refractivity contribution in [3.63, 3.8) is 0 Å². The van der Waals surface area contributed by atoms with Crippen molar-refractivity contribution < 1.29 is 8.78 Å². The van der Waals surface area contributed by atoms with Crippen molar-refractivity contribution in [2.24, 2.45) is 0 Å². The third-order valence-electron chi connectivity index (χ3n) is 5.23. The highest BCUT2D eigenvalue weighted by Gasteiger charge is 2.14. The van der Waals surface area contributed by atoms with Crippen LogP contribution in [0.2, 0.25) is 0 Å². The number of nitrogens with zero attached hydrogens (tertiary/aromatic N) is 2. The molecule has 0 unspecified atom stereocenters. The van der Waals surface area contributed by atoms with Gasteiger partial charge in [0.15, 0.2) is 0 Å². The van der Waals surface area contributed by atoms with E-state index in [9.17, 15) is 8.78 Å². The SMILES string of the molecule is CCCCCn1c(CNC(C)C)nc2ccc(Cc3cc(F)cc(C)c3F)cc21. The number of fused-ring (bicyclic) bond motifs is 1.